The fourth-order valence-electron chi connectivity index (χ4n) is 2.89. The van der Waals surface area contributed by atoms with Crippen LogP contribution in [-0.2, 0) is 9.59 Å². The lowest BCUT2D eigenvalue weighted by Gasteiger charge is -2.08. The molecular formula is C20H16F4N2O2S2. The number of carbonyl (C=O) groups excluding carboxylic acids is 2. The number of alkyl halides is 4. The minimum atomic E-state index is -2.58. The predicted molar refractivity (Wildman–Crippen MR) is 110 cm³/mol. The number of benzene rings is 2. The maximum Gasteiger partial charge on any atom is 0.288 e. The molecule has 0 aliphatic heterocycles. The maximum absolute atomic E-state index is 12.5. The second-order valence-electron chi connectivity index (χ2n) is 6.32. The third kappa shape index (κ3) is 5.79. The Bertz CT molecular complexity index is 896. The molecule has 0 aromatic heterocycles. The molecule has 2 N–H and O–H groups in total. The monoisotopic (exact) mass is 456 g/mol. The molecule has 158 valence electrons. The van der Waals surface area contributed by atoms with Gasteiger partial charge in [0.1, 0.15) is 0 Å². The zero-order valence-corrected chi connectivity index (χ0v) is 16.9. The lowest BCUT2D eigenvalue weighted by molar-refractivity contribution is -0.122. The third-order valence-corrected chi connectivity index (χ3v) is 5.65. The number of carbonyl (C=O) groups is 2. The van der Waals surface area contributed by atoms with Crippen LogP contribution in [0.1, 0.15) is 0 Å². The summed E-state index contributed by atoms with van der Waals surface area (Å²) in [5.41, 5.74) is 1.09. The van der Waals surface area contributed by atoms with Crippen LogP contribution in [0, 0.1) is 11.8 Å². The van der Waals surface area contributed by atoms with E-state index in [1.807, 2.05) is 0 Å². The molecular weight excluding hydrogens is 440 g/mol. The van der Waals surface area contributed by atoms with Gasteiger partial charge in [0.15, 0.2) is 0 Å². The van der Waals surface area contributed by atoms with Crippen LogP contribution in [0.5, 0.6) is 0 Å². The van der Waals surface area contributed by atoms with E-state index in [4.69, 9.17) is 0 Å². The van der Waals surface area contributed by atoms with Crippen LogP contribution in [0.15, 0.2) is 70.5 Å². The van der Waals surface area contributed by atoms with Crippen molar-refractivity contribution < 1.29 is 27.2 Å². The van der Waals surface area contributed by atoms with Crippen molar-refractivity contribution in [3.8, 4) is 0 Å². The van der Waals surface area contributed by atoms with E-state index in [-0.39, 0.29) is 0 Å². The molecule has 1 saturated carbocycles. The van der Waals surface area contributed by atoms with Crippen LogP contribution in [0.3, 0.4) is 0 Å². The molecule has 1 aliphatic carbocycles. The van der Waals surface area contributed by atoms with E-state index in [2.05, 4.69) is 17.2 Å². The second kappa shape index (κ2) is 9.57. The van der Waals surface area contributed by atoms with Crippen LogP contribution in [0.2, 0.25) is 0 Å². The zero-order chi connectivity index (χ0) is 21.8. The third-order valence-electron chi connectivity index (χ3n) is 4.24. The van der Waals surface area contributed by atoms with Gasteiger partial charge in [-0.3, -0.25) is 9.59 Å². The van der Waals surface area contributed by atoms with Crippen molar-refractivity contribution in [2.75, 3.05) is 10.6 Å². The number of anilines is 2. The van der Waals surface area contributed by atoms with Gasteiger partial charge in [-0.25, -0.2) is 0 Å². The molecule has 0 bridgehead atoms. The number of nitrogens with one attached hydrogen (secondary N) is 2. The summed E-state index contributed by atoms with van der Waals surface area (Å²) in [7, 11) is 0. The largest absolute Gasteiger partial charge is 0.326 e. The first-order chi connectivity index (χ1) is 14.2. The summed E-state index contributed by atoms with van der Waals surface area (Å²) in [6.07, 6.45) is 0. The summed E-state index contributed by atoms with van der Waals surface area (Å²) < 4.78 is 50.0. The molecule has 2 amide bonds. The van der Waals surface area contributed by atoms with Crippen LogP contribution in [0.4, 0.5) is 28.9 Å². The van der Waals surface area contributed by atoms with Gasteiger partial charge < -0.3 is 10.6 Å². The number of hydrogen-bond donors (Lipinski definition) is 2. The highest BCUT2D eigenvalue weighted by atomic mass is 32.2. The second-order valence-corrected chi connectivity index (χ2v) is 8.45. The van der Waals surface area contributed by atoms with Crippen LogP contribution in [0.25, 0.3) is 0 Å². The van der Waals surface area contributed by atoms with E-state index < -0.39 is 35.2 Å². The first-order valence-electron chi connectivity index (χ1n) is 8.65. The average molecular weight is 456 g/mol. The van der Waals surface area contributed by atoms with Crippen molar-refractivity contribution in [2.45, 2.75) is 21.3 Å². The highest BCUT2D eigenvalue weighted by Crippen LogP contribution is 2.46. The molecule has 0 spiro atoms. The number of rotatable bonds is 8. The van der Waals surface area contributed by atoms with Gasteiger partial charge in [-0.05, 0) is 36.4 Å². The molecule has 0 heterocycles. The highest BCUT2D eigenvalue weighted by Gasteiger charge is 2.52. The Morgan fingerprint density at radius 3 is 1.57 bits per heavy atom. The average Bonchev–Trinajstić information content (AvgIpc) is 3.32. The van der Waals surface area contributed by atoms with Gasteiger partial charge in [-0.1, -0.05) is 47.8 Å². The molecule has 2 aromatic rings. The summed E-state index contributed by atoms with van der Waals surface area (Å²) in [5.74, 6) is -7.61. The van der Waals surface area contributed by atoms with E-state index in [1.165, 1.54) is 36.4 Å². The molecule has 2 aromatic carbocycles. The molecule has 1 unspecified atom stereocenters. The number of hydrogen-bond acceptors (Lipinski definition) is 4. The topological polar surface area (TPSA) is 58.2 Å². The lowest BCUT2D eigenvalue weighted by Crippen LogP contribution is -2.20. The van der Waals surface area contributed by atoms with Crippen molar-refractivity contribution in [1.29, 1.82) is 0 Å². The van der Waals surface area contributed by atoms with E-state index in [0.29, 0.717) is 50.3 Å². The Labute approximate surface area is 178 Å². The molecule has 0 radical (unpaired) electrons. The summed E-state index contributed by atoms with van der Waals surface area (Å²) >= 11 is 0.721. The van der Waals surface area contributed by atoms with Crippen molar-refractivity contribution in [1.82, 2.24) is 0 Å². The smallest absolute Gasteiger partial charge is 0.288 e. The van der Waals surface area contributed by atoms with Crippen molar-refractivity contribution in [2.24, 2.45) is 11.8 Å². The summed E-state index contributed by atoms with van der Waals surface area (Å²) in [4.78, 5) is 25.5. The van der Waals surface area contributed by atoms with Gasteiger partial charge in [0.05, 0.1) is 11.8 Å². The Morgan fingerprint density at radius 2 is 1.20 bits per heavy atom. The Kier molecular flexibility index (Phi) is 7.09. The Hall–Kier alpha value is -2.46. The normalized spacial score (nSPS) is 17.9. The molecule has 4 nitrogen and oxygen atoms in total. The van der Waals surface area contributed by atoms with Crippen LogP contribution in [-0.4, -0.2) is 23.3 Å². The van der Waals surface area contributed by atoms with Gasteiger partial charge in [-0.15, -0.1) is 0 Å². The fraction of sp³-hybridized carbons (Fsp3) is 0.200. The lowest BCUT2D eigenvalue weighted by atomic mass is 10.2. The maximum atomic E-state index is 12.5. The highest BCUT2D eigenvalue weighted by molar-refractivity contribution is 7.99. The van der Waals surface area contributed by atoms with E-state index >= 15 is 0 Å². The van der Waals surface area contributed by atoms with Crippen molar-refractivity contribution in [3.05, 3.63) is 60.7 Å². The van der Waals surface area contributed by atoms with Gasteiger partial charge in [-0.2, -0.15) is 17.6 Å². The van der Waals surface area contributed by atoms with E-state index in [9.17, 15) is 27.2 Å². The quantitative estimate of drug-likeness (QED) is 0.304. The van der Waals surface area contributed by atoms with Gasteiger partial charge >= 0.3 is 0 Å². The standard InChI is InChI=1S/C20H16F4N2O2S2/c1-10-15(17(27)25-11-4-2-6-13(8-11)29-19(21)22)16(10)18(28)26-12-5-3-7-14(9-12)30-20(23)24/h2-9,15-16,19-20H,1H2,(H,25,27)(H,26,28)/t15-,16?/m1/s1. The summed E-state index contributed by atoms with van der Waals surface area (Å²) in [6, 6.07) is 12.0. The van der Waals surface area contributed by atoms with E-state index in [0.717, 1.165) is 0 Å². The molecule has 1 fully saturated rings. The van der Waals surface area contributed by atoms with Crippen LogP contribution < -0.4 is 10.6 Å². The molecule has 30 heavy (non-hydrogen) atoms. The van der Waals surface area contributed by atoms with Gasteiger partial charge in [0, 0.05) is 21.2 Å². The minimum absolute atomic E-state index is 0.299. The van der Waals surface area contributed by atoms with Crippen molar-refractivity contribution >= 4 is 46.7 Å². The summed E-state index contributed by atoms with van der Waals surface area (Å²) in [6.45, 7) is 3.74. The van der Waals surface area contributed by atoms with Crippen molar-refractivity contribution in [3.63, 3.8) is 0 Å². The van der Waals surface area contributed by atoms with E-state index in [1.54, 1.807) is 12.1 Å². The van der Waals surface area contributed by atoms with Gasteiger partial charge in [0.25, 0.3) is 11.5 Å². The molecule has 2 atom stereocenters. The molecule has 3 rings (SSSR count). The number of halogens is 4. The predicted octanol–water partition coefficient (Wildman–Crippen LogP) is 5.70. The van der Waals surface area contributed by atoms with Crippen LogP contribution >= 0.6 is 23.5 Å². The molecule has 1 aliphatic rings. The zero-order valence-electron chi connectivity index (χ0n) is 15.3. The fourth-order valence-corrected chi connectivity index (χ4v) is 4.01. The molecule has 10 heteroatoms. The molecule has 0 saturated heterocycles. The Balaban J connectivity index is 1.60. The first kappa shape index (κ1) is 22.2. The van der Waals surface area contributed by atoms with Gasteiger partial charge in [0.2, 0.25) is 11.8 Å². The first-order valence-corrected chi connectivity index (χ1v) is 10.4. The minimum Gasteiger partial charge on any atom is -0.326 e. The Morgan fingerprint density at radius 1 is 0.800 bits per heavy atom. The SMILES string of the molecule is C=C1C(C(=O)Nc2cccc(SC(F)F)c2)[C@@H]1C(=O)Nc1cccc(SC(F)F)c1. The summed E-state index contributed by atoms with van der Waals surface area (Å²) in [5, 5.41) is 5.21. The number of thioether (sulfide) groups is 2. The number of amides is 2.